The molecule has 1 aromatic heterocycles. The zero-order chi connectivity index (χ0) is 25.7. The van der Waals surface area contributed by atoms with Gasteiger partial charge < -0.3 is 4.84 Å². The van der Waals surface area contributed by atoms with E-state index in [9.17, 15) is 23.2 Å². The highest BCUT2D eigenvalue weighted by atomic mass is 35.5. The van der Waals surface area contributed by atoms with E-state index in [0.29, 0.717) is 22.0 Å². The lowest BCUT2D eigenvalue weighted by molar-refractivity contribution is -0.275. The molecule has 0 radical (unpaired) electrons. The molecule has 1 unspecified atom stereocenters. The van der Waals surface area contributed by atoms with E-state index < -0.39 is 18.2 Å². The first-order chi connectivity index (χ1) is 17.1. The van der Waals surface area contributed by atoms with E-state index in [1.807, 2.05) is 0 Å². The molecular weight excluding hydrogens is 514 g/mol. The van der Waals surface area contributed by atoms with Crippen molar-refractivity contribution in [1.82, 2.24) is 4.57 Å². The van der Waals surface area contributed by atoms with Crippen LogP contribution in [-0.2, 0) is 10.4 Å². The number of fused-ring (bicyclic) bond motifs is 1. The molecule has 0 saturated carbocycles. The molecule has 0 fully saturated rings. The summed E-state index contributed by atoms with van der Waals surface area (Å²) in [5.41, 5.74) is -1.37. The van der Waals surface area contributed by atoms with Crippen LogP contribution < -0.4 is 0 Å². The third-order valence-electron chi connectivity index (χ3n) is 6.03. The van der Waals surface area contributed by atoms with Crippen LogP contribution in [0.5, 0.6) is 0 Å². The predicted octanol–water partition coefficient (Wildman–Crippen LogP) is 7.09. The SMILES string of the molecule is N#Cc1cn(C(=O)c2ccc(C3=NOC(c4cc(Cl)cc(Cl)c4)(C(F)(F)F)C3)cc2)c2ccccc12. The van der Waals surface area contributed by atoms with Gasteiger partial charge in [0.1, 0.15) is 6.07 Å². The first kappa shape index (κ1) is 23.9. The molecule has 0 saturated heterocycles. The van der Waals surface area contributed by atoms with E-state index in [1.165, 1.54) is 41.1 Å². The lowest BCUT2D eigenvalue weighted by Gasteiger charge is -2.29. The molecule has 180 valence electrons. The van der Waals surface area contributed by atoms with Crippen LogP contribution in [0.3, 0.4) is 0 Å². The highest BCUT2D eigenvalue weighted by Crippen LogP contribution is 2.49. The van der Waals surface area contributed by atoms with Crippen molar-refractivity contribution in [3.63, 3.8) is 0 Å². The van der Waals surface area contributed by atoms with Crippen molar-refractivity contribution in [2.24, 2.45) is 5.16 Å². The van der Waals surface area contributed by atoms with Gasteiger partial charge in [0.25, 0.3) is 11.5 Å². The van der Waals surface area contributed by atoms with Crippen LogP contribution in [0.1, 0.15) is 33.5 Å². The van der Waals surface area contributed by atoms with Crippen molar-refractivity contribution >= 4 is 45.7 Å². The van der Waals surface area contributed by atoms with Crippen LogP contribution in [0.4, 0.5) is 13.2 Å². The molecule has 0 aliphatic carbocycles. The molecule has 1 atom stereocenters. The van der Waals surface area contributed by atoms with Gasteiger partial charge in [-0.2, -0.15) is 18.4 Å². The summed E-state index contributed by atoms with van der Waals surface area (Å²) < 4.78 is 44.0. The average molecular weight is 528 g/mol. The molecule has 3 aromatic carbocycles. The largest absolute Gasteiger partial charge is 0.435 e. The van der Waals surface area contributed by atoms with E-state index in [-0.39, 0.29) is 32.8 Å². The van der Waals surface area contributed by atoms with Gasteiger partial charge in [-0.15, -0.1) is 0 Å². The molecular formula is C26H14Cl2F3N3O2. The number of hydrogen-bond donors (Lipinski definition) is 0. The number of oxime groups is 1. The maximum Gasteiger partial charge on any atom is 0.435 e. The number of benzene rings is 3. The Labute approximate surface area is 212 Å². The van der Waals surface area contributed by atoms with E-state index in [1.54, 1.807) is 24.3 Å². The molecule has 0 amide bonds. The number of alkyl halides is 3. The molecule has 5 nitrogen and oxygen atoms in total. The van der Waals surface area contributed by atoms with Crippen LogP contribution in [0.15, 0.2) is 78.1 Å². The summed E-state index contributed by atoms with van der Waals surface area (Å²) >= 11 is 11.9. The third-order valence-corrected chi connectivity index (χ3v) is 6.47. The van der Waals surface area contributed by atoms with Crippen molar-refractivity contribution < 1.29 is 22.8 Å². The Morgan fingerprint density at radius 2 is 1.72 bits per heavy atom. The van der Waals surface area contributed by atoms with Gasteiger partial charge in [-0.1, -0.05) is 58.7 Å². The molecule has 0 bridgehead atoms. The lowest BCUT2D eigenvalue weighted by Crippen LogP contribution is -2.42. The number of nitriles is 1. The van der Waals surface area contributed by atoms with Gasteiger partial charge in [0.15, 0.2) is 0 Å². The maximum atomic E-state index is 14.2. The summed E-state index contributed by atoms with van der Waals surface area (Å²) in [6, 6.07) is 18.7. The van der Waals surface area contributed by atoms with Crippen LogP contribution >= 0.6 is 23.2 Å². The second-order valence-corrected chi connectivity index (χ2v) is 9.09. The normalized spacial score (nSPS) is 17.5. The number of rotatable bonds is 3. The summed E-state index contributed by atoms with van der Waals surface area (Å²) in [5, 5.41) is 13.8. The molecule has 5 rings (SSSR count). The molecule has 1 aliphatic heterocycles. The third kappa shape index (κ3) is 3.91. The monoisotopic (exact) mass is 527 g/mol. The van der Waals surface area contributed by atoms with Gasteiger partial charge in [0, 0.05) is 39.2 Å². The van der Waals surface area contributed by atoms with Crippen LogP contribution in [0, 0.1) is 11.3 Å². The summed E-state index contributed by atoms with van der Waals surface area (Å²) in [4.78, 5) is 18.2. The fourth-order valence-electron chi connectivity index (χ4n) is 4.23. The Morgan fingerprint density at radius 3 is 2.36 bits per heavy atom. The number of para-hydroxylation sites is 1. The van der Waals surface area contributed by atoms with E-state index in [0.717, 1.165) is 12.1 Å². The Bertz CT molecular complexity index is 1570. The summed E-state index contributed by atoms with van der Waals surface area (Å²) in [7, 11) is 0. The summed E-state index contributed by atoms with van der Waals surface area (Å²) in [5.74, 6) is -0.387. The van der Waals surface area contributed by atoms with Gasteiger partial charge in [-0.05, 0) is 42.0 Å². The molecule has 0 N–H and O–H groups in total. The fraction of sp³-hybridized carbons (Fsp3) is 0.115. The standard InChI is InChI=1S/C26H14Cl2F3N3O2/c27-19-9-18(10-20(28)11-19)25(26(29,30)31)12-22(33-36-25)15-5-7-16(8-6-15)24(35)34-14-17(13-32)21-3-1-2-4-23(21)34/h1-11,14H,12H2. The molecule has 0 spiro atoms. The number of nitrogens with zero attached hydrogens (tertiary/aromatic N) is 3. The molecule has 1 aliphatic rings. The van der Waals surface area contributed by atoms with Crippen LogP contribution in [0.25, 0.3) is 10.9 Å². The summed E-state index contributed by atoms with van der Waals surface area (Å²) in [6.45, 7) is 0. The molecule has 4 aromatic rings. The van der Waals surface area contributed by atoms with Gasteiger partial charge >= 0.3 is 6.18 Å². The zero-order valence-electron chi connectivity index (χ0n) is 18.2. The highest BCUT2D eigenvalue weighted by molar-refractivity contribution is 6.34. The first-order valence-corrected chi connectivity index (χ1v) is 11.3. The Balaban J connectivity index is 1.45. The van der Waals surface area contributed by atoms with E-state index >= 15 is 0 Å². The smallest absolute Gasteiger partial charge is 0.374 e. The molecule has 36 heavy (non-hydrogen) atoms. The Morgan fingerprint density at radius 1 is 1.06 bits per heavy atom. The molecule has 2 heterocycles. The van der Waals surface area contributed by atoms with Crippen LogP contribution in [0.2, 0.25) is 10.0 Å². The number of hydrogen-bond acceptors (Lipinski definition) is 4. The van der Waals surface area contributed by atoms with Crippen molar-refractivity contribution in [1.29, 1.82) is 5.26 Å². The minimum Gasteiger partial charge on any atom is -0.374 e. The predicted molar refractivity (Wildman–Crippen MR) is 129 cm³/mol. The number of carbonyl (C=O) groups excluding carboxylic acids is 1. The average Bonchev–Trinajstić information content (AvgIpc) is 3.46. The minimum atomic E-state index is -4.81. The lowest BCUT2D eigenvalue weighted by atomic mass is 9.86. The Kier molecular flexibility index (Phi) is 5.78. The second-order valence-electron chi connectivity index (χ2n) is 8.21. The van der Waals surface area contributed by atoms with Gasteiger partial charge in [0.05, 0.1) is 16.8 Å². The van der Waals surface area contributed by atoms with Crippen molar-refractivity contribution in [3.8, 4) is 6.07 Å². The van der Waals surface area contributed by atoms with E-state index in [4.69, 9.17) is 28.0 Å². The van der Waals surface area contributed by atoms with Crippen molar-refractivity contribution in [2.45, 2.75) is 18.2 Å². The summed E-state index contributed by atoms with van der Waals surface area (Å²) in [6.07, 6.45) is -3.95. The number of aromatic nitrogens is 1. The second kappa shape index (κ2) is 8.70. The topological polar surface area (TPSA) is 67.4 Å². The number of carbonyl (C=O) groups is 1. The first-order valence-electron chi connectivity index (χ1n) is 10.6. The minimum absolute atomic E-state index is 0.0399. The quantitative estimate of drug-likeness (QED) is 0.285. The van der Waals surface area contributed by atoms with Crippen molar-refractivity contribution in [3.05, 3.63) is 105 Å². The Hall–Kier alpha value is -3.80. The molecule has 10 heteroatoms. The van der Waals surface area contributed by atoms with Gasteiger partial charge in [-0.25, -0.2) is 0 Å². The zero-order valence-corrected chi connectivity index (χ0v) is 19.7. The highest BCUT2D eigenvalue weighted by Gasteiger charge is 2.62. The van der Waals surface area contributed by atoms with Crippen LogP contribution in [-0.4, -0.2) is 22.4 Å². The van der Waals surface area contributed by atoms with Crippen molar-refractivity contribution in [2.75, 3.05) is 0 Å². The van der Waals surface area contributed by atoms with Gasteiger partial charge in [0.2, 0.25) is 0 Å². The fourth-order valence-corrected chi connectivity index (χ4v) is 4.75. The number of halogens is 5. The van der Waals surface area contributed by atoms with Gasteiger partial charge in [-0.3, -0.25) is 9.36 Å². The van der Waals surface area contributed by atoms with E-state index in [2.05, 4.69) is 11.2 Å². The maximum absolute atomic E-state index is 14.2.